The number of aliphatic carboxylic acids is 1. The van der Waals surface area contributed by atoms with Crippen LogP contribution < -0.4 is 22.1 Å². The molecule has 35 heavy (non-hydrogen) atoms. The molecule has 202 valence electrons. The molecule has 0 aliphatic carbocycles. The van der Waals surface area contributed by atoms with Crippen LogP contribution in [-0.4, -0.2) is 60.6 Å². The lowest BCUT2D eigenvalue weighted by atomic mass is 10.1. The van der Waals surface area contributed by atoms with E-state index < -0.39 is 24.0 Å². The second kappa shape index (κ2) is 20.5. The quantitative estimate of drug-likeness (QED) is 0.0869. The Hall–Kier alpha value is -2.85. The number of nitrogens with two attached hydrogens (primary N) is 2. The summed E-state index contributed by atoms with van der Waals surface area (Å²) < 4.78 is 4.75. The highest BCUT2D eigenvalue weighted by atomic mass is 16.5. The molecule has 1 fully saturated rings. The van der Waals surface area contributed by atoms with E-state index in [-0.39, 0.29) is 17.8 Å². The number of hydrogen-bond donors (Lipinski definition) is 5. The number of carbonyl (C=O) groups is 4. The first-order valence-electron chi connectivity index (χ1n) is 12.7. The zero-order chi connectivity index (χ0) is 26.5. The Morgan fingerprint density at radius 3 is 2.14 bits per heavy atom. The fraction of sp³-hybridized carbons (Fsp3) is 0.792. The van der Waals surface area contributed by atoms with Crippen molar-refractivity contribution in [3.05, 3.63) is 0 Å². The van der Waals surface area contributed by atoms with Crippen LogP contribution in [0.15, 0.2) is 4.99 Å². The Bertz CT molecular complexity index is 667. The number of nitrogens with one attached hydrogen (secondary N) is 2. The van der Waals surface area contributed by atoms with Gasteiger partial charge in [-0.3, -0.25) is 14.6 Å². The second-order valence-corrected chi connectivity index (χ2v) is 8.67. The predicted octanol–water partition coefficient (Wildman–Crippen LogP) is 1.97. The summed E-state index contributed by atoms with van der Waals surface area (Å²) in [6, 6.07) is -1.28. The Morgan fingerprint density at radius 2 is 1.69 bits per heavy atom. The zero-order valence-electron chi connectivity index (χ0n) is 21.4. The van der Waals surface area contributed by atoms with Gasteiger partial charge in [0.05, 0.1) is 7.11 Å². The standard InChI is InChI=1S/C19H38N4O3.C5H7NO3/c1-3-4-5-6-7-8-9-10-11-14-17(24)23-16(18(25)26-2)13-12-15-22-19(20)21;7-4-2-1-3(6-4)5(8)9/h16H,3-15H2,1-2H3,(H,23,24)(H4,20,21,22);3H,1-2H2,(H,6,7)(H,8,9)/t16-;/m0./s1. The average molecular weight is 500 g/mol. The number of aliphatic imine (C=N–C) groups is 1. The van der Waals surface area contributed by atoms with Crippen LogP contribution in [0.5, 0.6) is 0 Å². The molecule has 11 heteroatoms. The predicted molar refractivity (Wildman–Crippen MR) is 135 cm³/mol. The van der Waals surface area contributed by atoms with E-state index in [1.165, 1.54) is 52.1 Å². The van der Waals surface area contributed by atoms with Crippen LogP contribution in [0.2, 0.25) is 0 Å². The Morgan fingerprint density at radius 1 is 1.09 bits per heavy atom. The number of guanidine groups is 1. The SMILES string of the molecule is CCCCCCCCCCCC(=O)N[C@@H](CCCN=C(N)N)C(=O)OC.O=C1CCC(C(=O)O)N1. The number of unbranched alkanes of at least 4 members (excludes halogenated alkanes) is 8. The van der Waals surface area contributed by atoms with E-state index in [1.54, 1.807) is 0 Å². The summed E-state index contributed by atoms with van der Waals surface area (Å²) >= 11 is 0. The maximum absolute atomic E-state index is 12.0. The Kier molecular flexibility index (Phi) is 18.8. The fourth-order valence-electron chi connectivity index (χ4n) is 3.56. The summed E-state index contributed by atoms with van der Waals surface area (Å²) in [5, 5.41) is 13.4. The number of ether oxygens (including phenoxy) is 1. The van der Waals surface area contributed by atoms with Crippen molar-refractivity contribution in [2.45, 2.75) is 109 Å². The molecule has 11 nitrogen and oxygen atoms in total. The van der Waals surface area contributed by atoms with Gasteiger partial charge in [0, 0.05) is 19.4 Å². The van der Waals surface area contributed by atoms with Crippen LogP contribution in [0.4, 0.5) is 0 Å². The van der Waals surface area contributed by atoms with Crippen molar-refractivity contribution in [1.29, 1.82) is 0 Å². The minimum atomic E-state index is -0.944. The normalized spacial score (nSPS) is 15.3. The zero-order valence-corrected chi connectivity index (χ0v) is 21.4. The summed E-state index contributed by atoms with van der Waals surface area (Å²) in [6.07, 6.45) is 13.1. The van der Waals surface area contributed by atoms with Gasteiger partial charge in [0.25, 0.3) is 0 Å². The smallest absolute Gasteiger partial charge is 0.328 e. The molecule has 7 N–H and O–H groups in total. The van der Waals surface area contributed by atoms with E-state index >= 15 is 0 Å². The van der Waals surface area contributed by atoms with Crippen molar-refractivity contribution in [2.75, 3.05) is 13.7 Å². The lowest BCUT2D eigenvalue weighted by molar-refractivity contribution is -0.145. The van der Waals surface area contributed by atoms with Crippen LogP contribution in [0.25, 0.3) is 0 Å². The van der Waals surface area contributed by atoms with E-state index in [2.05, 4.69) is 22.5 Å². The first-order chi connectivity index (χ1) is 16.7. The molecule has 1 saturated heterocycles. The van der Waals surface area contributed by atoms with Crippen molar-refractivity contribution in [1.82, 2.24) is 10.6 Å². The van der Waals surface area contributed by atoms with Gasteiger partial charge in [-0.1, -0.05) is 58.3 Å². The van der Waals surface area contributed by atoms with Crippen molar-refractivity contribution in [3.63, 3.8) is 0 Å². The molecule has 0 spiro atoms. The van der Waals surface area contributed by atoms with Gasteiger partial charge in [0.15, 0.2) is 5.96 Å². The van der Waals surface area contributed by atoms with Crippen molar-refractivity contribution < 1.29 is 29.0 Å². The summed E-state index contributed by atoms with van der Waals surface area (Å²) in [5.74, 6) is -1.63. The highest BCUT2D eigenvalue weighted by Crippen LogP contribution is 2.11. The van der Waals surface area contributed by atoms with Crippen molar-refractivity contribution in [3.8, 4) is 0 Å². The van der Waals surface area contributed by atoms with E-state index in [0.29, 0.717) is 38.6 Å². The third-order valence-corrected chi connectivity index (χ3v) is 5.57. The Balaban J connectivity index is 0.00000106. The molecular formula is C24H45N5O6. The topological polar surface area (TPSA) is 186 Å². The molecule has 1 unspecified atom stereocenters. The Labute approximate surface area is 208 Å². The van der Waals surface area contributed by atoms with Gasteiger partial charge in [0.2, 0.25) is 11.8 Å². The lowest BCUT2D eigenvalue weighted by Gasteiger charge is -2.16. The van der Waals surface area contributed by atoms with Crippen molar-refractivity contribution in [2.24, 2.45) is 16.5 Å². The van der Waals surface area contributed by atoms with Crippen molar-refractivity contribution >= 4 is 29.7 Å². The second-order valence-electron chi connectivity index (χ2n) is 8.67. The van der Waals surface area contributed by atoms with Crippen LogP contribution in [0, 0.1) is 0 Å². The minimum Gasteiger partial charge on any atom is -0.480 e. The maximum atomic E-state index is 12.0. The summed E-state index contributed by atoms with van der Waals surface area (Å²) in [6.45, 7) is 2.64. The molecule has 0 aromatic carbocycles. The highest BCUT2D eigenvalue weighted by molar-refractivity contribution is 5.87. The molecule has 1 aliphatic heterocycles. The molecule has 0 bridgehead atoms. The number of carboxylic acid groups (broad SMARTS) is 1. The van der Waals surface area contributed by atoms with Crippen LogP contribution in [0.1, 0.15) is 96.8 Å². The molecule has 0 aromatic heterocycles. The first kappa shape index (κ1) is 32.1. The number of carboxylic acids is 1. The molecule has 0 aromatic rings. The largest absolute Gasteiger partial charge is 0.480 e. The maximum Gasteiger partial charge on any atom is 0.328 e. The monoisotopic (exact) mass is 499 g/mol. The molecule has 1 rings (SSSR count). The molecule has 2 atom stereocenters. The third kappa shape index (κ3) is 18.2. The number of esters is 1. The molecule has 1 heterocycles. The number of nitrogens with zero attached hydrogens (tertiary/aromatic N) is 1. The van der Waals surface area contributed by atoms with Gasteiger partial charge in [0.1, 0.15) is 12.1 Å². The molecule has 2 amide bonds. The molecular weight excluding hydrogens is 454 g/mol. The average Bonchev–Trinajstić information content (AvgIpc) is 3.26. The van der Waals surface area contributed by atoms with Gasteiger partial charge in [-0.05, 0) is 25.7 Å². The van der Waals surface area contributed by atoms with E-state index in [0.717, 1.165) is 12.8 Å². The first-order valence-corrected chi connectivity index (χ1v) is 12.7. The number of hydrogen-bond acceptors (Lipinski definition) is 6. The fourth-order valence-corrected chi connectivity index (χ4v) is 3.56. The van der Waals surface area contributed by atoms with E-state index in [4.69, 9.17) is 21.3 Å². The van der Waals surface area contributed by atoms with Gasteiger partial charge in [-0.25, -0.2) is 9.59 Å². The van der Waals surface area contributed by atoms with E-state index in [9.17, 15) is 19.2 Å². The number of amides is 2. The van der Waals surface area contributed by atoms with Gasteiger partial charge in [-0.15, -0.1) is 0 Å². The number of carbonyl (C=O) groups excluding carboxylic acids is 3. The summed E-state index contributed by atoms with van der Waals surface area (Å²) in [5.41, 5.74) is 10.5. The van der Waals surface area contributed by atoms with Crippen LogP contribution in [-0.2, 0) is 23.9 Å². The summed E-state index contributed by atoms with van der Waals surface area (Å²) in [4.78, 5) is 48.2. The third-order valence-electron chi connectivity index (χ3n) is 5.57. The minimum absolute atomic E-state index is 0.0222. The van der Waals surface area contributed by atoms with Gasteiger partial charge in [-0.2, -0.15) is 0 Å². The highest BCUT2D eigenvalue weighted by Gasteiger charge is 2.26. The number of rotatable bonds is 17. The molecule has 0 saturated carbocycles. The summed E-state index contributed by atoms with van der Waals surface area (Å²) in [7, 11) is 1.32. The molecule has 0 radical (unpaired) electrons. The van der Waals surface area contributed by atoms with Gasteiger partial charge < -0.3 is 31.9 Å². The molecule has 1 aliphatic rings. The van der Waals surface area contributed by atoms with Crippen LogP contribution >= 0.6 is 0 Å². The van der Waals surface area contributed by atoms with E-state index in [1.807, 2.05) is 0 Å². The van der Waals surface area contributed by atoms with Gasteiger partial charge >= 0.3 is 11.9 Å². The lowest BCUT2D eigenvalue weighted by Crippen LogP contribution is -2.41. The van der Waals surface area contributed by atoms with Crippen LogP contribution in [0.3, 0.4) is 0 Å². The number of methoxy groups -OCH3 is 1.